The minimum absolute atomic E-state index is 0.188. The fraction of sp³-hybridized carbons (Fsp3) is 0.225. The van der Waals surface area contributed by atoms with Crippen molar-refractivity contribution in [1.29, 1.82) is 5.26 Å². The number of nitriles is 1. The van der Waals surface area contributed by atoms with Gasteiger partial charge in [0.1, 0.15) is 108 Å². The third-order valence-electron chi connectivity index (χ3n) is 14.7. The molecule has 6 heterocycles. The first-order chi connectivity index (χ1) is 50.7. The van der Waals surface area contributed by atoms with E-state index < -0.39 is 0 Å². The van der Waals surface area contributed by atoms with Crippen molar-refractivity contribution >= 4 is 166 Å². The van der Waals surface area contributed by atoms with Crippen molar-refractivity contribution in [2.24, 2.45) is 0 Å². The monoisotopic (exact) mass is 1650 g/mol. The lowest BCUT2D eigenvalue weighted by Crippen LogP contribution is -2.16. The lowest BCUT2D eigenvalue weighted by atomic mass is 10.2. The van der Waals surface area contributed by atoms with E-state index in [1.165, 1.54) is 0 Å². The van der Waals surface area contributed by atoms with Crippen LogP contribution < -0.4 is 94.5 Å². The molecular formula is C71H85Cl4IN26O5. The van der Waals surface area contributed by atoms with Crippen LogP contribution in [0.3, 0.4) is 0 Å². The summed E-state index contributed by atoms with van der Waals surface area (Å²) in [5, 5.41) is 12.9. The Bertz CT molecular complexity index is 4390. The van der Waals surface area contributed by atoms with Crippen molar-refractivity contribution in [3.63, 3.8) is 0 Å². The van der Waals surface area contributed by atoms with E-state index in [1.54, 1.807) is 70.2 Å². The lowest BCUT2D eigenvalue weighted by molar-refractivity contribution is 0.414. The molecule has 17 N–H and O–H groups in total. The summed E-state index contributed by atoms with van der Waals surface area (Å²) in [7, 11) is 17.6. The van der Waals surface area contributed by atoms with Crippen LogP contribution in [-0.4, -0.2) is 131 Å². The predicted octanol–water partition coefficient (Wildman–Crippen LogP) is 13.3. The summed E-state index contributed by atoms with van der Waals surface area (Å²) in [6.07, 6.45) is 0. The van der Waals surface area contributed by atoms with E-state index in [0.717, 1.165) is 60.9 Å². The molecule has 107 heavy (non-hydrogen) atoms. The number of nitrogens with zero attached hydrogens (tertiary/aromatic N) is 17. The maximum atomic E-state index is 9.03. The Morgan fingerprint density at radius 1 is 0.336 bits per heavy atom. The predicted molar refractivity (Wildman–Crippen MR) is 440 cm³/mol. The van der Waals surface area contributed by atoms with Gasteiger partial charge in [-0.2, -0.15) is 5.26 Å². The molecule has 0 aliphatic carbocycles. The van der Waals surface area contributed by atoms with E-state index >= 15 is 0 Å². The second-order valence-corrected chi connectivity index (χ2v) is 24.5. The first-order valence-electron chi connectivity index (χ1n) is 31.6. The molecule has 36 heteroatoms. The van der Waals surface area contributed by atoms with Crippen LogP contribution in [0.5, 0.6) is 28.7 Å². The van der Waals surface area contributed by atoms with Crippen molar-refractivity contribution in [3.8, 4) is 34.8 Å². The number of ether oxygens (including phenoxy) is 5. The number of rotatable bonds is 14. The highest BCUT2D eigenvalue weighted by Crippen LogP contribution is 2.36. The fourth-order valence-electron chi connectivity index (χ4n) is 8.88. The third-order valence-corrected chi connectivity index (χ3v) is 16.7. The molecule has 0 aliphatic heterocycles. The van der Waals surface area contributed by atoms with E-state index in [4.69, 9.17) is 121 Å². The van der Waals surface area contributed by atoms with Gasteiger partial charge in [-0.15, -0.1) is 0 Å². The fourth-order valence-corrected chi connectivity index (χ4v) is 10.4. The van der Waals surface area contributed by atoms with Crippen LogP contribution in [0.1, 0.15) is 40.6 Å². The highest BCUT2D eigenvalue weighted by molar-refractivity contribution is 14.1. The summed E-state index contributed by atoms with van der Waals surface area (Å²) >= 11 is 24.8. The molecule has 0 aliphatic rings. The Morgan fingerprint density at radius 3 is 0.916 bits per heavy atom. The van der Waals surface area contributed by atoms with E-state index in [-0.39, 0.29) is 49.2 Å². The summed E-state index contributed by atoms with van der Waals surface area (Å²) < 4.78 is 26.3. The molecule has 0 bridgehead atoms. The molecule has 6 aromatic heterocycles. The molecule has 11 aromatic rings. The number of benzene rings is 5. The van der Waals surface area contributed by atoms with Crippen LogP contribution in [0.2, 0.25) is 20.6 Å². The first kappa shape index (κ1) is 86.0. The Labute approximate surface area is 655 Å². The minimum Gasteiger partial charge on any atom is -0.497 e. The molecule has 0 radical (unpaired) electrons. The molecule has 5 aromatic carbocycles. The van der Waals surface area contributed by atoms with E-state index in [0.29, 0.717) is 81.1 Å². The number of hydrogen-bond donors (Lipinski definition) is 9. The SMILES string of the molecule is CNc1ccc(OC)cc1.COc1ccc(N(C)c2nc(C)nc(C#N)c2N)cc1.COc1ccc(N(C)c2nc(C)nc(Cl)c2N)cc1.COc1ccc(N(C)c2nc(C)nc(I)c2N)cc1.COc1ccc(N(C)c2nc(C)nc(N)c2N)cc1.Cc1nc(Cl)c(N)c(Cl)n1.Cc1nc(N)c(N)c(Cl)n1. The van der Waals surface area contributed by atoms with Crippen LogP contribution in [0.4, 0.5) is 97.5 Å². The van der Waals surface area contributed by atoms with Gasteiger partial charge >= 0.3 is 0 Å². The van der Waals surface area contributed by atoms with Crippen LogP contribution in [0.25, 0.3) is 0 Å². The Hall–Kier alpha value is -11.6. The number of methoxy groups -OCH3 is 5. The van der Waals surface area contributed by atoms with Crippen LogP contribution in [0, 0.1) is 56.6 Å². The average molecular weight is 1650 g/mol. The van der Waals surface area contributed by atoms with Gasteiger partial charge in [-0.3, -0.25) is 0 Å². The van der Waals surface area contributed by atoms with E-state index in [2.05, 4.69) is 87.7 Å². The van der Waals surface area contributed by atoms with Crippen LogP contribution >= 0.6 is 69.0 Å². The molecule has 0 amide bonds. The molecule has 0 fully saturated rings. The maximum Gasteiger partial charge on any atom is 0.169 e. The van der Waals surface area contributed by atoms with Crippen molar-refractivity contribution in [3.05, 3.63) is 186 Å². The highest BCUT2D eigenvalue weighted by atomic mass is 127. The molecule has 564 valence electrons. The number of nitrogens with two attached hydrogens (primary N) is 8. The highest BCUT2D eigenvalue weighted by Gasteiger charge is 2.19. The van der Waals surface area contributed by atoms with Gasteiger partial charge in [0.15, 0.2) is 61.2 Å². The van der Waals surface area contributed by atoms with Gasteiger partial charge in [0, 0.05) is 63.7 Å². The number of aromatic nitrogens is 12. The summed E-state index contributed by atoms with van der Waals surface area (Å²) in [5.41, 5.74) is 52.8. The van der Waals surface area contributed by atoms with Gasteiger partial charge in [0.2, 0.25) is 0 Å². The number of nitrogen functional groups attached to an aromatic ring is 8. The van der Waals surface area contributed by atoms with Gasteiger partial charge < -0.3 is 94.5 Å². The molecule has 0 saturated carbocycles. The second kappa shape index (κ2) is 41.2. The largest absolute Gasteiger partial charge is 0.497 e. The lowest BCUT2D eigenvalue weighted by Gasteiger charge is -2.21. The molecule has 0 spiro atoms. The van der Waals surface area contributed by atoms with Crippen LogP contribution in [-0.2, 0) is 0 Å². The van der Waals surface area contributed by atoms with Crippen LogP contribution in [0.15, 0.2) is 121 Å². The first-order valence-corrected chi connectivity index (χ1v) is 34.2. The Kier molecular flexibility index (Phi) is 33.1. The molecule has 11 rings (SSSR count). The maximum absolute atomic E-state index is 9.03. The van der Waals surface area contributed by atoms with Gasteiger partial charge in [-0.1, -0.05) is 46.4 Å². The Morgan fingerprint density at radius 2 is 0.589 bits per heavy atom. The third kappa shape index (κ3) is 24.7. The zero-order valence-electron chi connectivity index (χ0n) is 61.7. The van der Waals surface area contributed by atoms with Crippen molar-refractivity contribution < 1.29 is 23.7 Å². The number of nitrogens with one attached hydrogen (secondary N) is 1. The molecule has 31 nitrogen and oxygen atoms in total. The van der Waals surface area contributed by atoms with E-state index in [9.17, 15) is 0 Å². The quantitative estimate of drug-likeness (QED) is 0.0361. The Balaban J connectivity index is 0.000000228. The van der Waals surface area contributed by atoms with Gasteiger partial charge in [-0.25, -0.2) is 59.8 Å². The minimum atomic E-state index is 0.188. The summed E-state index contributed by atoms with van der Waals surface area (Å²) in [6.45, 7) is 10.5. The second-order valence-electron chi connectivity index (χ2n) is 22.1. The standard InChI is InChI=1S/C14H15N5O.C13H15ClN4O.C13H15IN4O.C13H17N5O.C8H11NO.C5H5Cl2N3.C5H7ClN4/c1-9-17-12(8-15)13(16)14(18-9)19(2)10-4-6-11(20-3)7-5-10;2*1-8-16-12(14)11(15)13(17-8)18(2)9-4-6-10(19-3)7-5-9;1-8-16-12(15)11(14)13(17-8)18(2)9-4-6-10(19-3)7-5-9;1-9-7-3-5-8(10-2)6-4-7;1-2-9-4(6)3(8)5(7)10-2;1-2-9-4(6)3(7)5(8)10-2/h4-7H,16H2,1-3H3;2*4-7H,15H2,1-3H3;4-7H,14H2,1-3H3,(H2,15,16,17);3-6,9H,1-2H3;8H2,1H3;7H2,1H3,(H2,8,9,10). The van der Waals surface area contributed by atoms with Crippen molar-refractivity contribution in [1.82, 2.24) is 59.8 Å². The number of anilines is 17. The molecule has 0 atom stereocenters. The summed E-state index contributed by atoms with van der Waals surface area (Å²) in [4.78, 5) is 56.3. The average Bonchev–Trinajstić information content (AvgIpc) is 0.829. The molecular weight excluding hydrogens is 1570 g/mol. The van der Waals surface area contributed by atoms with E-state index in [1.807, 2.05) is 189 Å². The zero-order chi connectivity index (χ0) is 79.5. The van der Waals surface area contributed by atoms with Crippen molar-refractivity contribution in [2.75, 3.05) is 142 Å². The number of aryl methyl sites for hydroxylation is 6. The topological polar surface area (TPSA) is 458 Å². The molecule has 0 unspecified atom stereocenters. The van der Waals surface area contributed by atoms with Gasteiger partial charge in [0.25, 0.3) is 0 Å². The number of halogens is 5. The summed E-state index contributed by atoms with van der Waals surface area (Å²) in [5.74, 6) is 10.4. The zero-order valence-corrected chi connectivity index (χ0v) is 66.9. The normalized spacial score (nSPS) is 10.0. The van der Waals surface area contributed by atoms with Gasteiger partial charge in [0.05, 0.1) is 35.5 Å². The summed E-state index contributed by atoms with van der Waals surface area (Å²) in [6, 6.07) is 40.2. The number of hydrogen-bond acceptors (Lipinski definition) is 31. The molecule has 0 saturated heterocycles. The van der Waals surface area contributed by atoms with Gasteiger partial charge in [-0.05, 0) is 185 Å². The van der Waals surface area contributed by atoms with Crippen molar-refractivity contribution in [2.45, 2.75) is 41.5 Å². The smallest absolute Gasteiger partial charge is 0.169 e.